The summed E-state index contributed by atoms with van der Waals surface area (Å²) in [6.45, 7) is -0.701. The van der Waals surface area contributed by atoms with Crippen LogP contribution in [0.2, 0.25) is 5.28 Å². The van der Waals surface area contributed by atoms with Crippen LogP contribution in [0.15, 0.2) is 0 Å². The lowest BCUT2D eigenvalue weighted by Gasteiger charge is -2.16. The van der Waals surface area contributed by atoms with Gasteiger partial charge in [0.05, 0.1) is 6.61 Å². The number of rotatable bonds is 2. The number of aliphatic hydroxyl groups is 2. The normalized spacial score (nSPS) is 28.0. The van der Waals surface area contributed by atoms with E-state index < -0.39 is 60.0 Å². The van der Waals surface area contributed by atoms with Crippen molar-refractivity contribution < 1.29 is 32.5 Å². The minimum atomic E-state index is -4.90. The van der Waals surface area contributed by atoms with Crippen LogP contribution in [-0.4, -0.2) is 54.7 Å². The van der Waals surface area contributed by atoms with Crippen LogP contribution in [-0.2, 0) is 10.9 Å². The molecule has 1 aliphatic heterocycles. The van der Waals surface area contributed by atoms with Crippen molar-refractivity contribution in [1.82, 2.24) is 19.5 Å². The highest BCUT2D eigenvalue weighted by Crippen LogP contribution is 2.37. The van der Waals surface area contributed by atoms with Crippen molar-refractivity contribution in [2.24, 2.45) is 0 Å². The molecule has 1 fully saturated rings. The maximum absolute atomic E-state index is 14.2. The molecule has 0 aromatic carbocycles. The summed E-state index contributed by atoms with van der Waals surface area (Å²) in [5.74, 6) is -2.15. The van der Waals surface area contributed by atoms with Gasteiger partial charge >= 0.3 is 6.18 Å². The first-order chi connectivity index (χ1) is 11.1. The summed E-state index contributed by atoms with van der Waals surface area (Å²) in [5.41, 5.74) is 4.67. The topological polar surface area (TPSA) is 119 Å². The molecule has 1 unspecified atom stereocenters. The molecule has 4 atom stereocenters. The van der Waals surface area contributed by atoms with E-state index in [4.69, 9.17) is 27.2 Å². The predicted molar refractivity (Wildman–Crippen MR) is 71.6 cm³/mol. The van der Waals surface area contributed by atoms with Gasteiger partial charge in [0.1, 0.15) is 12.2 Å². The third-order valence-electron chi connectivity index (χ3n) is 3.51. The standard InChI is InChI=1S/C11H10ClF4N5O3/c12-10-18-4-6(17)19-9(11(14,15)16)20-7(4)21(10)8-3(13)5(23)2(1-22)24-8/h2-3,5,8,22-23H,1H2,(H2,17,19,20)/t2?,3-,5+,8+/m0/s1. The number of nitrogen functional groups attached to an aromatic ring is 1. The number of halogens is 5. The van der Waals surface area contributed by atoms with E-state index >= 15 is 0 Å². The maximum Gasteiger partial charge on any atom is 0.451 e. The summed E-state index contributed by atoms with van der Waals surface area (Å²) >= 11 is 5.85. The second-order valence-electron chi connectivity index (χ2n) is 5.04. The van der Waals surface area contributed by atoms with Crippen molar-refractivity contribution in [2.75, 3.05) is 12.3 Å². The van der Waals surface area contributed by atoms with Gasteiger partial charge in [-0.25, -0.2) is 19.3 Å². The van der Waals surface area contributed by atoms with Gasteiger partial charge in [-0.3, -0.25) is 4.57 Å². The number of aromatic nitrogens is 4. The van der Waals surface area contributed by atoms with Gasteiger partial charge in [0, 0.05) is 0 Å². The number of alkyl halides is 4. The number of fused-ring (bicyclic) bond motifs is 1. The van der Waals surface area contributed by atoms with Crippen molar-refractivity contribution in [3.8, 4) is 0 Å². The first-order valence-corrected chi connectivity index (χ1v) is 6.89. The minimum Gasteiger partial charge on any atom is -0.394 e. The number of nitrogens with zero attached hydrogens (tertiary/aromatic N) is 4. The van der Waals surface area contributed by atoms with Crippen LogP contribution >= 0.6 is 11.6 Å². The van der Waals surface area contributed by atoms with Crippen molar-refractivity contribution in [2.45, 2.75) is 30.8 Å². The van der Waals surface area contributed by atoms with Crippen molar-refractivity contribution >= 4 is 28.6 Å². The van der Waals surface area contributed by atoms with E-state index in [1.54, 1.807) is 0 Å². The third kappa shape index (κ3) is 2.55. The summed E-state index contributed by atoms with van der Waals surface area (Å²) < 4.78 is 58.6. The lowest BCUT2D eigenvalue weighted by Crippen LogP contribution is -2.30. The highest BCUT2D eigenvalue weighted by Gasteiger charge is 2.46. The summed E-state index contributed by atoms with van der Waals surface area (Å²) in [6, 6.07) is 0. The Morgan fingerprint density at radius 2 is 1.96 bits per heavy atom. The molecule has 0 amide bonds. The van der Waals surface area contributed by atoms with E-state index in [9.17, 15) is 22.7 Å². The summed E-state index contributed by atoms with van der Waals surface area (Å²) in [6.07, 6.45) is -11.6. The van der Waals surface area contributed by atoms with Gasteiger partial charge in [0.2, 0.25) is 11.1 Å². The second-order valence-corrected chi connectivity index (χ2v) is 5.37. The lowest BCUT2D eigenvalue weighted by molar-refractivity contribution is -0.144. The number of imidazole rings is 1. The Kier molecular flexibility index (Phi) is 4.02. The van der Waals surface area contributed by atoms with Crippen LogP contribution in [0.3, 0.4) is 0 Å². The SMILES string of the molecule is Nc1nc(C(F)(F)F)nc2c1nc(Cl)n2[C@@H]1OC(CO)[C@@H](O)[C@@H]1F. The van der Waals surface area contributed by atoms with Gasteiger partial charge in [-0.1, -0.05) is 0 Å². The fourth-order valence-electron chi connectivity index (χ4n) is 2.38. The zero-order chi connectivity index (χ0) is 17.8. The zero-order valence-corrected chi connectivity index (χ0v) is 12.3. The Balaban J connectivity index is 2.18. The van der Waals surface area contributed by atoms with E-state index in [-0.39, 0.29) is 5.52 Å². The molecule has 24 heavy (non-hydrogen) atoms. The molecule has 3 heterocycles. The monoisotopic (exact) mass is 371 g/mol. The van der Waals surface area contributed by atoms with E-state index in [1.165, 1.54) is 0 Å². The third-order valence-corrected chi connectivity index (χ3v) is 3.77. The predicted octanol–water partition coefficient (Wildman–Crippen LogP) is 0.669. The van der Waals surface area contributed by atoms with Crippen molar-refractivity contribution in [3.05, 3.63) is 11.1 Å². The second kappa shape index (κ2) is 5.65. The molecule has 0 spiro atoms. The molecule has 8 nitrogen and oxygen atoms in total. The van der Waals surface area contributed by atoms with Crippen molar-refractivity contribution in [3.63, 3.8) is 0 Å². The molecule has 0 bridgehead atoms. The fraction of sp³-hybridized carbons (Fsp3) is 0.545. The van der Waals surface area contributed by atoms with Crippen LogP contribution in [0, 0.1) is 0 Å². The molecular weight excluding hydrogens is 362 g/mol. The number of anilines is 1. The first-order valence-electron chi connectivity index (χ1n) is 6.51. The van der Waals surface area contributed by atoms with E-state index in [0.29, 0.717) is 0 Å². The fourth-order valence-corrected chi connectivity index (χ4v) is 2.64. The molecule has 0 saturated carbocycles. The number of hydrogen-bond acceptors (Lipinski definition) is 7. The molecule has 1 aliphatic rings. The van der Waals surface area contributed by atoms with E-state index in [1.807, 2.05) is 0 Å². The molecule has 2 aromatic rings. The smallest absolute Gasteiger partial charge is 0.394 e. The first kappa shape index (κ1) is 17.1. The zero-order valence-electron chi connectivity index (χ0n) is 11.6. The molecule has 4 N–H and O–H groups in total. The Bertz CT molecular complexity index is 785. The van der Waals surface area contributed by atoms with Crippen LogP contribution in [0.4, 0.5) is 23.4 Å². The maximum atomic E-state index is 14.2. The Morgan fingerprint density at radius 1 is 1.29 bits per heavy atom. The average Bonchev–Trinajstić information content (AvgIpc) is 2.96. The molecule has 3 rings (SSSR count). The molecule has 2 aromatic heterocycles. The average molecular weight is 372 g/mol. The van der Waals surface area contributed by atoms with E-state index in [2.05, 4.69) is 15.0 Å². The minimum absolute atomic E-state index is 0.272. The highest BCUT2D eigenvalue weighted by molar-refractivity contribution is 6.29. The number of hydrogen-bond donors (Lipinski definition) is 3. The Hall–Kier alpha value is -1.76. The summed E-state index contributed by atoms with van der Waals surface area (Å²) in [4.78, 5) is 10.1. The number of nitrogens with two attached hydrogens (primary N) is 1. The van der Waals surface area contributed by atoms with E-state index in [0.717, 1.165) is 4.57 Å². The van der Waals surface area contributed by atoms with Crippen LogP contribution in [0.1, 0.15) is 12.1 Å². The molecular formula is C11H10ClF4N5O3. The Labute approximate surface area is 135 Å². The molecule has 0 radical (unpaired) electrons. The molecule has 13 heteroatoms. The van der Waals surface area contributed by atoms with Crippen LogP contribution in [0.5, 0.6) is 0 Å². The Morgan fingerprint density at radius 3 is 2.50 bits per heavy atom. The number of ether oxygens (including phenoxy) is 1. The number of aliphatic hydroxyl groups excluding tert-OH is 2. The van der Waals surface area contributed by atoms with Crippen LogP contribution < -0.4 is 5.73 Å². The lowest BCUT2D eigenvalue weighted by atomic mass is 10.1. The largest absolute Gasteiger partial charge is 0.451 e. The summed E-state index contributed by atoms with van der Waals surface area (Å²) in [7, 11) is 0. The van der Waals surface area contributed by atoms with Gasteiger partial charge in [-0.2, -0.15) is 13.2 Å². The van der Waals surface area contributed by atoms with Gasteiger partial charge in [0.25, 0.3) is 0 Å². The highest BCUT2D eigenvalue weighted by atomic mass is 35.5. The van der Waals surface area contributed by atoms with Gasteiger partial charge in [-0.15, -0.1) is 0 Å². The van der Waals surface area contributed by atoms with Crippen LogP contribution in [0.25, 0.3) is 11.2 Å². The molecule has 132 valence electrons. The quantitative estimate of drug-likeness (QED) is 0.524. The summed E-state index contributed by atoms with van der Waals surface area (Å²) in [5, 5.41) is 18.2. The van der Waals surface area contributed by atoms with Gasteiger partial charge in [0.15, 0.2) is 29.4 Å². The van der Waals surface area contributed by atoms with Gasteiger partial charge in [-0.05, 0) is 11.6 Å². The van der Waals surface area contributed by atoms with Gasteiger partial charge < -0.3 is 20.7 Å². The molecule has 0 aliphatic carbocycles. The van der Waals surface area contributed by atoms with Crippen molar-refractivity contribution in [1.29, 1.82) is 0 Å². The molecule has 1 saturated heterocycles.